The molecule has 23 heavy (non-hydrogen) atoms. The first-order chi connectivity index (χ1) is 10.9. The van der Waals surface area contributed by atoms with Gasteiger partial charge in [0.05, 0.1) is 0 Å². The molecule has 5 nitrogen and oxygen atoms in total. The summed E-state index contributed by atoms with van der Waals surface area (Å²) in [4.78, 5) is 24.6. The Morgan fingerprint density at radius 1 is 1.13 bits per heavy atom. The SMILES string of the molecule is Cc1cc(/C=C2\NC(=O)N(C)C2=O)c(C)n1-c1ccc(I)cc1. The number of hydrogen-bond donors (Lipinski definition) is 1. The van der Waals surface area contributed by atoms with E-state index < -0.39 is 6.03 Å². The molecule has 3 amide bonds. The number of halogens is 1. The molecule has 1 fully saturated rings. The van der Waals surface area contributed by atoms with Gasteiger partial charge in [-0.25, -0.2) is 4.79 Å². The van der Waals surface area contributed by atoms with Crippen molar-refractivity contribution in [3.8, 4) is 5.69 Å². The van der Waals surface area contributed by atoms with Gasteiger partial charge in [-0.15, -0.1) is 0 Å². The Hall–Kier alpha value is -2.09. The van der Waals surface area contributed by atoms with Gasteiger partial charge in [0.1, 0.15) is 5.70 Å². The fourth-order valence-corrected chi connectivity index (χ4v) is 3.06. The number of amides is 3. The summed E-state index contributed by atoms with van der Waals surface area (Å²) in [6, 6.07) is 9.86. The summed E-state index contributed by atoms with van der Waals surface area (Å²) in [6.07, 6.45) is 1.73. The molecule has 0 atom stereocenters. The Labute approximate surface area is 148 Å². The molecule has 2 heterocycles. The summed E-state index contributed by atoms with van der Waals surface area (Å²) in [5.41, 5.74) is 4.39. The predicted octanol–water partition coefficient (Wildman–Crippen LogP) is 3.22. The van der Waals surface area contributed by atoms with E-state index in [2.05, 4.69) is 56.7 Å². The van der Waals surface area contributed by atoms with Crippen LogP contribution in [-0.4, -0.2) is 28.5 Å². The second kappa shape index (κ2) is 5.84. The zero-order chi connectivity index (χ0) is 16.7. The number of imide groups is 1. The molecule has 6 heteroatoms. The van der Waals surface area contributed by atoms with E-state index in [0.29, 0.717) is 5.70 Å². The van der Waals surface area contributed by atoms with Crippen molar-refractivity contribution in [1.82, 2.24) is 14.8 Å². The number of nitrogens with one attached hydrogen (secondary N) is 1. The minimum absolute atomic E-state index is 0.306. The standard InChI is InChI=1S/C17H16IN3O2/c1-10-8-12(9-15-16(22)20(3)17(23)19-15)11(2)21(10)14-6-4-13(18)5-7-14/h4-9H,1-3H3,(H,19,23)/b15-9-. The van der Waals surface area contributed by atoms with Crippen molar-refractivity contribution < 1.29 is 9.59 Å². The first kappa shape index (κ1) is 15.8. The van der Waals surface area contributed by atoms with E-state index in [-0.39, 0.29) is 5.91 Å². The molecule has 0 radical (unpaired) electrons. The van der Waals surface area contributed by atoms with Crippen LogP contribution in [0.2, 0.25) is 0 Å². The number of aryl methyl sites for hydroxylation is 1. The minimum atomic E-state index is -0.396. The Morgan fingerprint density at radius 3 is 2.35 bits per heavy atom. The van der Waals surface area contributed by atoms with Crippen molar-refractivity contribution in [3.63, 3.8) is 0 Å². The number of aromatic nitrogens is 1. The largest absolute Gasteiger partial charge is 0.328 e. The topological polar surface area (TPSA) is 54.3 Å². The van der Waals surface area contributed by atoms with Gasteiger partial charge in [0.15, 0.2) is 0 Å². The van der Waals surface area contributed by atoms with E-state index in [1.165, 1.54) is 10.6 Å². The minimum Gasteiger partial charge on any atom is -0.318 e. The number of likely N-dealkylation sites (N-methyl/N-ethyl adjacent to an activating group) is 1. The first-order valence-corrected chi connectivity index (χ1v) is 8.22. The zero-order valence-electron chi connectivity index (χ0n) is 13.1. The third-order valence-corrected chi connectivity index (χ3v) is 4.66. The second-order valence-corrected chi connectivity index (χ2v) is 6.74. The third kappa shape index (κ3) is 2.78. The van der Waals surface area contributed by atoms with E-state index in [1.807, 2.05) is 19.9 Å². The maximum atomic E-state index is 12.0. The molecule has 0 aliphatic carbocycles. The summed E-state index contributed by atoms with van der Waals surface area (Å²) >= 11 is 2.28. The Kier molecular flexibility index (Phi) is 4.01. The molecule has 1 N–H and O–H groups in total. The van der Waals surface area contributed by atoms with Crippen LogP contribution in [0, 0.1) is 17.4 Å². The average molecular weight is 421 g/mol. The molecule has 2 aromatic rings. The maximum absolute atomic E-state index is 12.0. The highest BCUT2D eigenvalue weighted by Gasteiger charge is 2.30. The zero-order valence-corrected chi connectivity index (χ0v) is 15.2. The van der Waals surface area contributed by atoms with Crippen LogP contribution >= 0.6 is 22.6 Å². The van der Waals surface area contributed by atoms with Crippen molar-refractivity contribution in [2.75, 3.05) is 7.05 Å². The fraction of sp³-hybridized carbons (Fsp3) is 0.176. The fourth-order valence-electron chi connectivity index (χ4n) is 2.70. The van der Waals surface area contributed by atoms with Crippen LogP contribution in [0.15, 0.2) is 36.0 Å². The van der Waals surface area contributed by atoms with Gasteiger partial charge in [0.25, 0.3) is 5.91 Å². The molecule has 1 aliphatic rings. The van der Waals surface area contributed by atoms with Crippen LogP contribution in [0.5, 0.6) is 0 Å². The third-order valence-electron chi connectivity index (χ3n) is 3.94. The van der Waals surface area contributed by atoms with Gasteiger partial charge in [0, 0.05) is 27.7 Å². The number of nitrogens with zero attached hydrogens (tertiary/aromatic N) is 2. The quantitative estimate of drug-likeness (QED) is 0.460. The number of rotatable bonds is 2. The number of benzene rings is 1. The van der Waals surface area contributed by atoms with Crippen molar-refractivity contribution in [3.05, 3.63) is 56.6 Å². The normalized spacial score (nSPS) is 16.3. The summed E-state index contributed by atoms with van der Waals surface area (Å²) in [7, 11) is 1.47. The Bertz CT molecular complexity index is 834. The molecular formula is C17H16IN3O2. The monoisotopic (exact) mass is 421 g/mol. The maximum Gasteiger partial charge on any atom is 0.328 e. The van der Waals surface area contributed by atoms with Crippen LogP contribution < -0.4 is 5.32 Å². The number of carbonyl (C=O) groups is 2. The van der Waals surface area contributed by atoms with Crippen LogP contribution in [0.25, 0.3) is 11.8 Å². The summed E-state index contributed by atoms with van der Waals surface area (Å²) in [5, 5.41) is 2.59. The second-order valence-electron chi connectivity index (χ2n) is 5.49. The van der Waals surface area contributed by atoms with Crippen LogP contribution in [0.1, 0.15) is 17.0 Å². The molecule has 1 aliphatic heterocycles. The van der Waals surface area contributed by atoms with Crippen molar-refractivity contribution >= 4 is 40.6 Å². The van der Waals surface area contributed by atoms with Gasteiger partial charge >= 0.3 is 6.03 Å². The highest BCUT2D eigenvalue weighted by Crippen LogP contribution is 2.24. The molecule has 118 valence electrons. The lowest BCUT2D eigenvalue weighted by Crippen LogP contribution is -2.25. The van der Waals surface area contributed by atoms with Gasteiger partial charge in [-0.05, 0) is 78.4 Å². The summed E-state index contributed by atoms with van der Waals surface area (Å²) < 4.78 is 3.31. The summed E-state index contributed by atoms with van der Waals surface area (Å²) in [6.45, 7) is 4.02. The van der Waals surface area contributed by atoms with Crippen LogP contribution in [0.3, 0.4) is 0 Å². The highest BCUT2D eigenvalue weighted by molar-refractivity contribution is 14.1. The van der Waals surface area contributed by atoms with Gasteiger partial charge < -0.3 is 9.88 Å². The molecule has 0 bridgehead atoms. The molecule has 1 aromatic carbocycles. The van der Waals surface area contributed by atoms with Crippen LogP contribution in [-0.2, 0) is 4.79 Å². The molecular weight excluding hydrogens is 405 g/mol. The van der Waals surface area contributed by atoms with E-state index in [9.17, 15) is 9.59 Å². The molecule has 0 spiro atoms. The predicted molar refractivity (Wildman–Crippen MR) is 97.2 cm³/mol. The van der Waals surface area contributed by atoms with E-state index in [0.717, 1.165) is 27.5 Å². The first-order valence-electron chi connectivity index (χ1n) is 7.14. The van der Waals surface area contributed by atoms with Gasteiger partial charge in [-0.2, -0.15) is 0 Å². The molecule has 0 unspecified atom stereocenters. The highest BCUT2D eigenvalue weighted by atomic mass is 127. The average Bonchev–Trinajstić information content (AvgIpc) is 2.92. The number of carbonyl (C=O) groups excluding carboxylic acids is 2. The van der Waals surface area contributed by atoms with Crippen molar-refractivity contribution in [1.29, 1.82) is 0 Å². The summed E-state index contributed by atoms with van der Waals surface area (Å²) in [5.74, 6) is -0.311. The molecule has 0 saturated carbocycles. The Balaban J connectivity index is 2.03. The lowest BCUT2D eigenvalue weighted by atomic mass is 10.2. The van der Waals surface area contributed by atoms with Crippen molar-refractivity contribution in [2.45, 2.75) is 13.8 Å². The van der Waals surface area contributed by atoms with E-state index in [1.54, 1.807) is 6.08 Å². The van der Waals surface area contributed by atoms with E-state index >= 15 is 0 Å². The molecule has 3 rings (SSSR count). The van der Waals surface area contributed by atoms with Crippen LogP contribution in [0.4, 0.5) is 4.79 Å². The van der Waals surface area contributed by atoms with Gasteiger partial charge in [0.2, 0.25) is 0 Å². The number of urea groups is 1. The van der Waals surface area contributed by atoms with Crippen molar-refractivity contribution in [2.24, 2.45) is 0 Å². The Morgan fingerprint density at radius 2 is 1.78 bits per heavy atom. The van der Waals surface area contributed by atoms with E-state index in [4.69, 9.17) is 0 Å². The van der Waals surface area contributed by atoms with Gasteiger partial charge in [-0.1, -0.05) is 0 Å². The lowest BCUT2D eigenvalue weighted by molar-refractivity contribution is -0.121. The molecule has 1 aromatic heterocycles. The number of hydrogen-bond acceptors (Lipinski definition) is 2. The smallest absolute Gasteiger partial charge is 0.318 e. The lowest BCUT2D eigenvalue weighted by Gasteiger charge is -2.09. The van der Waals surface area contributed by atoms with Gasteiger partial charge in [-0.3, -0.25) is 9.69 Å². The molecule has 1 saturated heterocycles.